The molecule has 0 amide bonds. The Morgan fingerprint density at radius 1 is 1.30 bits per heavy atom. The average Bonchev–Trinajstić information content (AvgIpc) is 2.55. The van der Waals surface area contributed by atoms with Crippen LogP contribution in [0.2, 0.25) is 0 Å². The van der Waals surface area contributed by atoms with Crippen molar-refractivity contribution in [2.24, 2.45) is 4.99 Å². The van der Waals surface area contributed by atoms with E-state index in [1.54, 1.807) is 7.11 Å². The summed E-state index contributed by atoms with van der Waals surface area (Å²) in [5.74, 6) is 2.25. The highest BCUT2D eigenvalue weighted by molar-refractivity contribution is 14.0. The third-order valence-corrected chi connectivity index (χ3v) is 3.73. The van der Waals surface area contributed by atoms with Gasteiger partial charge in [-0.05, 0) is 25.0 Å². The van der Waals surface area contributed by atoms with E-state index in [9.17, 15) is 0 Å². The SMILES string of the molecule is CCCCN(C)C(=NCC(C)c1ccccc1OC)NCC.I. The summed E-state index contributed by atoms with van der Waals surface area (Å²) in [6.45, 7) is 9.17. The second-order valence-electron chi connectivity index (χ2n) is 5.61. The van der Waals surface area contributed by atoms with Crippen molar-refractivity contribution < 1.29 is 4.74 Å². The first kappa shape index (κ1) is 22.0. The largest absolute Gasteiger partial charge is 0.496 e. The van der Waals surface area contributed by atoms with Gasteiger partial charge in [0.15, 0.2) is 5.96 Å². The van der Waals surface area contributed by atoms with Crippen molar-refractivity contribution in [1.82, 2.24) is 10.2 Å². The van der Waals surface area contributed by atoms with Crippen LogP contribution in [0.4, 0.5) is 0 Å². The Hall–Kier alpha value is -0.980. The summed E-state index contributed by atoms with van der Waals surface area (Å²) >= 11 is 0. The van der Waals surface area contributed by atoms with Crippen LogP contribution < -0.4 is 10.1 Å². The van der Waals surface area contributed by atoms with E-state index >= 15 is 0 Å². The van der Waals surface area contributed by atoms with Gasteiger partial charge in [0.05, 0.1) is 7.11 Å². The molecule has 0 aliphatic rings. The number of aliphatic imine (C=N–C) groups is 1. The zero-order valence-corrected chi connectivity index (χ0v) is 17.5. The van der Waals surface area contributed by atoms with Crippen molar-refractivity contribution in [2.75, 3.05) is 33.8 Å². The Labute approximate surface area is 158 Å². The Morgan fingerprint density at radius 3 is 2.61 bits per heavy atom. The number of benzene rings is 1. The molecule has 0 heterocycles. The van der Waals surface area contributed by atoms with Crippen LogP contribution in [0.15, 0.2) is 29.3 Å². The van der Waals surface area contributed by atoms with Crippen LogP contribution in [-0.2, 0) is 0 Å². The van der Waals surface area contributed by atoms with Crippen molar-refractivity contribution in [3.8, 4) is 5.75 Å². The van der Waals surface area contributed by atoms with Gasteiger partial charge >= 0.3 is 0 Å². The fourth-order valence-corrected chi connectivity index (χ4v) is 2.37. The maximum Gasteiger partial charge on any atom is 0.193 e. The van der Waals surface area contributed by atoms with E-state index in [0.717, 1.165) is 31.3 Å². The lowest BCUT2D eigenvalue weighted by Gasteiger charge is -2.22. The van der Waals surface area contributed by atoms with Crippen molar-refractivity contribution in [3.05, 3.63) is 29.8 Å². The smallest absolute Gasteiger partial charge is 0.193 e. The van der Waals surface area contributed by atoms with Gasteiger partial charge in [0.25, 0.3) is 0 Å². The van der Waals surface area contributed by atoms with E-state index in [1.807, 2.05) is 12.1 Å². The van der Waals surface area contributed by atoms with Gasteiger partial charge in [0.1, 0.15) is 5.75 Å². The molecule has 1 atom stereocenters. The van der Waals surface area contributed by atoms with Crippen LogP contribution >= 0.6 is 24.0 Å². The number of unbranched alkanes of at least 4 members (excludes halogenated alkanes) is 1. The lowest BCUT2D eigenvalue weighted by Crippen LogP contribution is -2.39. The molecular weight excluding hydrogens is 401 g/mol. The van der Waals surface area contributed by atoms with Gasteiger partial charge in [-0.1, -0.05) is 38.5 Å². The molecule has 4 nitrogen and oxygen atoms in total. The molecule has 0 radical (unpaired) electrons. The molecule has 5 heteroatoms. The molecule has 132 valence electrons. The van der Waals surface area contributed by atoms with Crippen LogP contribution in [-0.4, -0.2) is 44.7 Å². The Morgan fingerprint density at radius 2 is 2.00 bits per heavy atom. The van der Waals surface area contributed by atoms with Gasteiger partial charge in [-0.15, -0.1) is 24.0 Å². The summed E-state index contributed by atoms with van der Waals surface area (Å²) < 4.78 is 5.45. The second-order valence-corrected chi connectivity index (χ2v) is 5.61. The minimum atomic E-state index is 0. The number of nitrogens with one attached hydrogen (secondary N) is 1. The number of hydrogen-bond donors (Lipinski definition) is 1. The van der Waals surface area contributed by atoms with Crippen molar-refractivity contribution in [3.63, 3.8) is 0 Å². The summed E-state index contributed by atoms with van der Waals surface area (Å²) in [4.78, 5) is 7.00. The first-order valence-electron chi connectivity index (χ1n) is 8.26. The van der Waals surface area contributed by atoms with Crippen molar-refractivity contribution >= 4 is 29.9 Å². The first-order valence-corrected chi connectivity index (χ1v) is 8.26. The van der Waals surface area contributed by atoms with E-state index in [1.165, 1.54) is 18.4 Å². The van der Waals surface area contributed by atoms with Crippen LogP contribution in [0, 0.1) is 0 Å². The summed E-state index contributed by atoms with van der Waals surface area (Å²) in [7, 11) is 3.82. The molecule has 0 saturated carbocycles. The van der Waals surface area contributed by atoms with Crippen molar-refractivity contribution in [1.29, 1.82) is 0 Å². The molecule has 1 unspecified atom stereocenters. The number of halogens is 1. The Bertz CT molecular complexity index is 465. The quantitative estimate of drug-likeness (QED) is 0.381. The lowest BCUT2D eigenvalue weighted by atomic mass is 10.0. The van der Waals surface area contributed by atoms with E-state index in [4.69, 9.17) is 9.73 Å². The minimum Gasteiger partial charge on any atom is -0.496 e. The summed E-state index contributed by atoms with van der Waals surface area (Å²) in [5, 5.41) is 3.37. The number of guanidine groups is 1. The number of nitrogens with zero attached hydrogens (tertiary/aromatic N) is 2. The molecular formula is C18H32IN3O. The molecule has 0 aliphatic heterocycles. The number of rotatable bonds is 8. The molecule has 0 aromatic heterocycles. The van der Waals surface area contributed by atoms with Crippen LogP contribution in [0.3, 0.4) is 0 Å². The predicted octanol–water partition coefficient (Wildman–Crippen LogP) is 4.11. The maximum absolute atomic E-state index is 5.45. The van der Waals surface area contributed by atoms with Crippen LogP contribution in [0.25, 0.3) is 0 Å². The van der Waals surface area contributed by atoms with Crippen molar-refractivity contribution in [2.45, 2.75) is 39.5 Å². The third kappa shape index (κ3) is 7.42. The maximum atomic E-state index is 5.45. The van der Waals surface area contributed by atoms with E-state index in [2.05, 4.69) is 50.2 Å². The number of para-hydroxylation sites is 1. The van der Waals surface area contributed by atoms with Gasteiger partial charge in [-0.25, -0.2) is 0 Å². The van der Waals surface area contributed by atoms with Gasteiger partial charge in [-0.2, -0.15) is 0 Å². The zero-order chi connectivity index (χ0) is 16.4. The fraction of sp³-hybridized carbons (Fsp3) is 0.611. The summed E-state index contributed by atoms with van der Waals surface area (Å²) in [6, 6.07) is 8.18. The molecule has 1 aromatic carbocycles. The molecule has 23 heavy (non-hydrogen) atoms. The molecule has 1 rings (SSSR count). The summed E-state index contributed by atoms with van der Waals surface area (Å²) in [6.07, 6.45) is 2.38. The number of methoxy groups -OCH3 is 1. The fourth-order valence-electron chi connectivity index (χ4n) is 2.37. The molecule has 1 aromatic rings. The topological polar surface area (TPSA) is 36.9 Å². The van der Waals surface area contributed by atoms with Gasteiger partial charge in [0, 0.05) is 32.6 Å². The lowest BCUT2D eigenvalue weighted by molar-refractivity contribution is 0.406. The monoisotopic (exact) mass is 433 g/mol. The summed E-state index contributed by atoms with van der Waals surface area (Å²) in [5.41, 5.74) is 1.21. The van der Waals surface area contributed by atoms with E-state index in [0.29, 0.717) is 5.92 Å². The normalized spacial score (nSPS) is 12.3. The van der Waals surface area contributed by atoms with Crippen LogP contribution in [0.5, 0.6) is 5.75 Å². The van der Waals surface area contributed by atoms with Gasteiger partial charge < -0.3 is 15.0 Å². The highest BCUT2D eigenvalue weighted by Gasteiger charge is 2.11. The Kier molecular flexibility index (Phi) is 11.9. The molecule has 0 aliphatic carbocycles. The average molecular weight is 433 g/mol. The first-order chi connectivity index (χ1) is 10.6. The van der Waals surface area contributed by atoms with Crippen LogP contribution in [0.1, 0.15) is 45.1 Å². The van der Waals surface area contributed by atoms with Gasteiger partial charge in [0.2, 0.25) is 0 Å². The minimum absolute atomic E-state index is 0. The molecule has 1 N–H and O–H groups in total. The molecule has 0 bridgehead atoms. The van der Waals surface area contributed by atoms with E-state index < -0.39 is 0 Å². The highest BCUT2D eigenvalue weighted by atomic mass is 127. The zero-order valence-electron chi connectivity index (χ0n) is 15.1. The molecule has 0 saturated heterocycles. The number of hydrogen-bond acceptors (Lipinski definition) is 2. The molecule has 0 fully saturated rings. The number of ether oxygens (including phenoxy) is 1. The van der Waals surface area contributed by atoms with Gasteiger partial charge in [-0.3, -0.25) is 4.99 Å². The van der Waals surface area contributed by atoms with E-state index in [-0.39, 0.29) is 24.0 Å². The molecule has 0 spiro atoms. The predicted molar refractivity (Wildman–Crippen MR) is 110 cm³/mol. The Balaban J connectivity index is 0.00000484. The standard InChI is InChI=1S/C18H31N3O.HI/c1-6-8-13-21(4)18(19-7-2)20-14-15(3)16-11-9-10-12-17(16)22-5;/h9-12,15H,6-8,13-14H2,1-5H3,(H,19,20);1H. The highest BCUT2D eigenvalue weighted by Crippen LogP contribution is 2.26. The third-order valence-electron chi connectivity index (χ3n) is 3.73. The second kappa shape index (κ2) is 12.4.